The molecule has 0 amide bonds. The number of hydrogen-bond acceptors (Lipinski definition) is 8. The summed E-state index contributed by atoms with van der Waals surface area (Å²) in [5, 5.41) is 27.5. The van der Waals surface area contributed by atoms with E-state index in [4.69, 9.17) is 0 Å². The van der Waals surface area contributed by atoms with E-state index in [9.17, 15) is 20.2 Å². The van der Waals surface area contributed by atoms with Crippen LogP contribution < -0.4 is 0 Å². The Bertz CT molecular complexity index is 405. The predicted octanol–water partition coefficient (Wildman–Crippen LogP) is -2.19. The van der Waals surface area contributed by atoms with Gasteiger partial charge in [0.05, 0.1) is 9.85 Å². The lowest BCUT2D eigenvalue weighted by Crippen LogP contribution is -3.34. The zero-order valence-corrected chi connectivity index (χ0v) is 6.47. The number of rotatable bonds is 2. The molecule has 6 aliphatic rings. The molecule has 0 aromatic carbocycles. The first-order valence-electron chi connectivity index (χ1n) is 4.10. The van der Waals surface area contributed by atoms with Crippen molar-refractivity contribution in [2.24, 2.45) is 5.92 Å². The Labute approximate surface area is 75.1 Å². The third-order valence-corrected chi connectivity index (χ3v) is 4.03. The maximum absolute atomic E-state index is 10.8. The standard InChI is InChI=1S/C4H2N6O4/c11-8(12)3-1-2-5(3)10-6(2)4(1,7(3)10)9(13)14/h1-2H. The minimum atomic E-state index is -1.26. The summed E-state index contributed by atoms with van der Waals surface area (Å²) in [6.45, 7) is 0. The lowest BCUT2D eigenvalue weighted by Gasteiger charge is -3.00. The summed E-state index contributed by atoms with van der Waals surface area (Å²) in [5.74, 6) is -2.97. The molecule has 2 atom stereocenters. The lowest BCUT2D eigenvalue weighted by molar-refractivity contribution is -1.05. The Hall–Kier alpha value is -1.36. The van der Waals surface area contributed by atoms with Gasteiger partial charge in [0.25, 0.3) is 0 Å². The molecule has 0 N–H and O–H groups in total. The van der Waals surface area contributed by atoms with Crippen LogP contribution in [0.4, 0.5) is 0 Å². The summed E-state index contributed by atoms with van der Waals surface area (Å²) in [7, 11) is 0. The number of hydrazine groups is 3. The second kappa shape index (κ2) is 1.10. The van der Waals surface area contributed by atoms with E-state index in [2.05, 4.69) is 0 Å². The molecule has 6 heterocycles. The maximum Gasteiger partial charge on any atom is 0.391 e. The van der Waals surface area contributed by atoms with Gasteiger partial charge in [-0.2, -0.15) is 0 Å². The van der Waals surface area contributed by atoms with Crippen LogP contribution in [0.2, 0.25) is 0 Å². The summed E-state index contributed by atoms with van der Waals surface area (Å²) in [6.07, 6.45) is -0.0872. The Kier molecular flexibility index (Phi) is 0.485. The first-order valence-corrected chi connectivity index (χ1v) is 4.10. The molecule has 2 unspecified atom stereocenters. The SMILES string of the molecule is O=[N+]([O-])C12C3C4N1N1N4C3([N+](=O)[O-])N12. The van der Waals surface area contributed by atoms with E-state index in [0.717, 1.165) is 0 Å². The fourth-order valence-corrected chi connectivity index (χ4v) is 3.65. The molecule has 0 spiro atoms. The maximum atomic E-state index is 10.8. The van der Waals surface area contributed by atoms with E-state index in [-0.39, 0.29) is 6.17 Å². The molecular formula is C4H2N6O4. The van der Waals surface area contributed by atoms with Crippen molar-refractivity contribution >= 4 is 0 Å². The molecule has 14 heavy (non-hydrogen) atoms. The highest BCUT2D eigenvalue weighted by molar-refractivity contribution is 5.39. The van der Waals surface area contributed by atoms with Crippen LogP contribution in [0, 0.1) is 26.1 Å². The van der Waals surface area contributed by atoms with Gasteiger partial charge in [-0.15, -0.1) is 10.0 Å². The molecule has 0 bridgehead atoms. The van der Waals surface area contributed by atoms with Crippen molar-refractivity contribution < 1.29 is 9.85 Å². The highest BCUT2D eigenvalue weighted by atomic mass is 16.7. The van der Waals surface area contributed by atoms with Gasteiger partial charge >= 0.3 is 11.6 Å². The van der Waals surface area contributed by atoms with Crippen molar-refractivity contribution in [3.8, 4) is 0 Å². The summed E-state index contributed by atoms with van der Waals surface area (Å²) in [4.78, 5) is 20.7. The van der Waals surface area contributed by atoms with Gasteiger partial charge in [0.15, 0.2) is 5.92 Å². The van der Waals surface area contributed by atoms with E-state index in [1.165, 1.54) is 10.2 Å². The molecule has 10 heteroatoms. The molecule has 0 aromatic rings. The normalized spacial score (nSPS) is 61.4. The van der Waals surface area contributed by atoms with Crippen LogP contribution >= 0.6 is 0 Å². The fraction of sp³-hybridized carbons (Fsp3) is 1.00. The molecule has 0 aromatic heterocycles. The zero-order chi connectivity index (χ0) is 9.62. The second-order valence-corrected chi connectivity index (χ2v) is 4.05. The van der Waals surface area contributed by atoms with Gasteiger partial charge in [-0.25, -0.2) is 0 Å². The number of nitro groups is 2. The minimum absolute atomic E-state index is 0.0872. The van der Waals surface area contributed by atoms with E-state index in [1.54, 1.807) is 10.0 Å². The van der Waals surface area contributed by atoms with Gasteiger partial charge in [0.2, 0.25) is 0 Å². The Balaban J connectivity index is 1.71. The van der Waals surface area contributed by atoms with Crippen LogP contribution in [0.25, 0.3) is 0 Å². The van der Waals surface area contributed by atoms with Gasteiger partial charge < -0.3 is 0 Å². The van der Waals surface area contributed by atoms with Gasteiger partial charge in [-0.05, 0) is 5.01 Å². The van der Waals surface area contributed by atoms with Crippen LogP contribution in [0.1, 0.15) is 0 Å². The van der Waals surface area contributed by atoms with Gasteiger partial charge in [-0.1, -0.05) is 5.23 Å². The summed E-state index contributed by atoms with van der Waals surface area (Å²) in [6, 6.07) is 0. The molecular weight excluding hydrogens is 196 g/mol. The number of nitrogens with zero attached hydrogens (tertiary/aromatic N) is 6. The van der Waals surface area contributed by atoms with Crippen LogP contribution in [-0.4, -0.2) is 47.8 Å². The molecule has 6 aliphatic heterocycles. The molecule has 0 aliphatic carbocycles. The quantitative estimate of drug-likeness (QED) is 0.364. The van der Waals surface area contributed by atoms with Crippen molar-refractivity contribution in [3.05, 3.63) is 20.2 Å². The monoisotopic (exact) mass is 198 g/mol. The highest BCUT2D eigenvalue weighted by Crippen LogP contribution is 2.88. The largest absolute Gasteiger partial charge is 0.391 e. The highest BCUT2D eigenvalue weighted by Gasteiger charge is 3.24. The molecule has 6 saturated heterocycles. The second-order valence-electron chi connectivity index (χ2n) is 4.05. The van der Waals surface area contributed by atoms with Gasteiger partial charge in [0.1, 0.15) is 6.17 Å². The van der Waals surface area contributed by atoms with Crippen molar-refractivity contribution in [2.75, 3.05) is 0 Å². The van der Waals surface area contributed by atoms with E-state index in [1.807, 2.05) is 0 Å². The van der Waals surface area contributed by atoms with E-state index in [0.29, 0.717) is 0 Å². The van der Waals surface area contributed by atoms with E-state index < -0.39 is 27.3 Å². The lowest BCUT2D eigenvalue weighted by atomic mass is 9.56. The van der Waals surface area contributed by atoms with Crippen LogP contribution in [0.15, 0.2) is 0 Å². The van der Waals surface area contributed by atoms with Gasteiger partial charge in [-0.3, -0.25) is 20.2 Å². The topological polar surface area (TPSA) is 99.2 Å². The molecule has 6 fully saturated rings. The summed E-state index contributed by atoms with van der Waals surface area (Å²) >= 11 is 0. The average Bonchev–Trinajstić information content (AvgIpc) is 2.16. The van der Waals surface area contributed by atoms with Crippen LogP contribution in [0.5, 0.6) is 0 Å². The summed E-state index contributed by atoms with van der Waals surface area (Å²) < 4.78 is 0. The first-order chi connectivity index (χ1) is 6.62. The third-order valence-electron chi connectivity index (χ3n) is 4.03. The Morgan fingerprint density at radius 2 is 1.57 bits per heavy atom. The smallest absolute Gasteiger partial charge is 0.261 e. The van der Waals surface area contributed by atoms with Crippen molar-refractivity contribution in [1.29, 1.82) is 0 Å². The van der Waals surface area contributed by atoms with Crippen LogP contribution in [-0.2, 0) is 0 Å². The predicted molar refractivity (Wildman–Crippen MR) is 34.1 cm³/mol. The molecule has 72 valence electrons. The Morgan fingerprint density at radius 1 is 1.07 bits per heavy atom. The zero-order valence-electron chi connectivity index (χ0n) is 6.47. The molecule has 6 rings (SSSR count). The van der Waals surface area contributed by atoms with Crippen LogP contribution in [0.3, 0.4) is 0 Å². The molecule has 0 saturated carbocycles. The minimum Gasteiger partial charge on any atom is -0.261 e. The summed E-state index contributed by atoms with van der Waals surface area (Å²) in [5.41, 5.74) is 0. The number of hydrogen-bond donors (Lipinski definition) is 0. The van der Waals surface area contributed by atoms with Crippen molar-refractivity contribution in [2.45, 2.75) is 17.7 Å². The van der Waals surface area contributed by atoms with Gasteiger partial charge in [0, 0.05) is 0 Å². The average molecular weight is 198 g/mol. The third kappa shape index (κ3) is 0.198. The molecule has 0 radical (unpaired) electrons. The Morgan fingerprint density at radius 3 is 1.86 bits per heavy atom. The molecule has 10 nitrogen and oxygen atoms in total. The van der Waals surface area contributed by atoms with E-state index >= 15 is 0 Å². The van der Waals surface area contributed by atoms with Crippen molar-refractivity contribution in [3.63, 3.8) is 0 Å². The fourth-order valence-electron chi connectivity index (χ4n) is 3.65. The first kappa shape index (κ1) is 6.19. The van der Waals surface area contributed by atoms with Crippen molar-refractivity contribution in [1.82, 2.24) is 20.3 Å².